The number of aliphatic hydroxyl groups excluding tert-OH is 1. The van der Waals surface area contributed by atoms with Crippen LogP contribution in [0.25, 0.3) is 10.8 Å². The molecule has 0 heterocycles. The van der Waals surface area contributed by atoms with Crippen LogP contribution in [0, 0.1) is 0 Å². The van der Waals surface area contributed by atoms with Crippen LogP contribution in [0.4, 0.5) is 0 Å². The molecule has 0 aliphatic heterocycles. The number of fused-ring (bicyclic) bond motifs is 1. The second-order valence-electron chi connectivity index (χ2n) is 5.70. The monoisotopic (exact) mass is 347 g/mol. The van der Waals surface area contributed by atoms with Gasteiger partial charge in [-0.3, -0.25) is 4.79 Å². The Labute approximate surface area is 132 Å². The van der Waals surface area contributed by atoms with E-state index < -0.39 is 0 Å². The fraction of sp³-hybridized carbons (Fsp3) is 0.353. The van der Waals surface area contributed by atoms with Gasteiger partial charge in [-0.1, -0.05) is 28.1 Å². The number of hydrogen-bond acceptors (Lipinski definition) is 2. The van der Waals surface area contributed by atoms with Gasteiger partial charge in [0.1, 0.15) is 0 Å². The summed E-state index contributed by atoms with van der Waals surface area (Å²) < 4.78 is 1.03. The number of rotatable bonds is 2. The predicted octanol–water partition coefficient (Wildman–Crippen LogP) is 3.64. The van der Waals surface area contributed by atoms with Crippen molar-refractivity contribution in [1.82, 2.24) is 5.32 Å². The first-order valence-corrected chi connectivity index (χ1v) is 8.09. The van der Waals surface area contributed by atoms with Gasteiger partial charge >= 0.3 is 0 Å². The SMILES string of the molecule is O=C(NC1CCCC(O)C1)c1ccc2cc(Br)ccc2c1. The molecule has 2 N–H and O–H groups in total. The number of aliphatic hydroxyl groups is 1. The van der Waals surface area contributed by atoms with Gasteiger partial charge in [0.25, 0.3) is 5.91 Å². The Morgan fingerprint density at radius 2 is 1.90 bits per heavy atom. The molecule has 110 valence electrons. The lowest BCUT2D eigenvalue weighted by Crippen LogP contribution is -2.39. The van der Waals surface area contributed by atoms with E-state index in [9.17, 15) is 9.90 Å². The van der Waals surface area contributed by atoms with Crippen LogP contribution in [0.2, 0.25) is 0 Å². The molecule has 0 saturated heterocycles. The Bertz CT molecular complexity index is 671. The normalized spacial score (nSPS) is 22.2. The molecule has 2 aromatic rings. The van der Waals surface area contributed by atoms with Crippen molar-refractivity contribution in [3.63, 3.8) is 0 Å². The highest BCUT2D eigenvalue weighted by Gasteiger charge is 2.22. The van der Waals surface area contributed by atoms with Crippen molar-refractivity contribution in [2.24, 2.45) is 0 Å². The Kier molecular flexibility index (Phi) is 4.27. The summed E-state index contributed by atoms with van der Waals surface area (Å²) in [7, 11) is 0. The highest BCUT2D eigenvalue weighted by Crippen LogP contribution is 2.22. The summed E-state index contributed by atoms with van der Waals surface area (Å²) >= 11 is 3.45. The van der Waals surface area contributed by atoms with Crippen LogP contribution < -0.4 is 5.32 Å². The minimum atomic E-state index is -0.280. The maximum Gasteiger partial charge on any atom is 0.251 e. The Balaban J connectivity index is 1.76. The molecule has 1 aliphatic carbocycles. The molecule has 3 nitrogen and oxygen atoms in total. The van der Waals surface area contributed by atoms with Crippen LogP contribution in [-0.2, 0) is 0 Å². The lowest BCUT2D eigenvalue weighted by molar-refractivity contribution is 0.0850. The van der Waals surface area contributed by atoms with Gasteiger partial charge in [0, 0.05) is 16.1 Å². The average molecular weight is 348 g/mol. The molecule has 0 aromatic heterocycles. The van der Waals surface area contributed by atoms with E-state index in [0.29, 0.717) is 12.0 Å². The molecule has 2 atom stereocenters. The third-order valence-electron chi connectivity index (χ3n) is 4.05. The molecule has 0 spiro atoms. The summed E-state index contributed by atoms with van der Waals surface area (Å²) in [5.41, 5.74) is 0.671. The first-order chi connectivity index (χ1) is 10.1. The first kappa shape index (κ1) is 14.5. The summed E-state index contributed by atoms with van der Waals surface area (Å²) in [4.78, 5) is 12.3. The number of carbonyl (C=O) groups excluding carboxylic acids is 1. The van der Waals surface area contributed by atoms with Crippen molar-refractivity contribution in [1.29, 1.82) is 0 Å². The summed E-state index contributed by atoms with van der Waals surface area (Å²) in [6, 6.07) is 11.8. The summed E-state index contributed by atoms with van der Waals surface area (Å²) in [6.07, 6.45) is 3.14. The van der Waals surface area contributed by atoms with Crippen LogP contribution in [0.15, 0.2) is 40.9 Å². The highest BCUT2D eigenvalue weighted by molar-refractivity contribution is 9.10. The molecule has 2 unspecified atom stereocenters. The number of nitrogens with one attached hydrogen (secondary N) is 1. The van der Waals surface area contributed by atoms with E-state index in [1.807, 2.05) is 36.4 Å². The van der Waals surface area contributed by atoms with E-state index in [1.165, 1.54) is 0 Å². The Morgan fingerprint density at radius 1 is 1.14 bits per heavy atom. The fourth-order valence-electron chi connectivity index (χ4n) is 2.92. The summed E-state index contributed by atoms with van der Waals surface area (Å²) in [5, 5.41) is 14.9. The lowest BCUT2D eigenvalue weighted by Gasteiger charge is -2.26. The van der Waals surface area contributed by atoms with Crippen LogP contribution in [-0.4, -0.2) is 23.2 Å². The molecule has 2 aromatic carbocycles. The summed E-state index contributed by atoms with van der Waals surface area (Å²) in [5.74, 6) is -0.0566. The van der Waals surface area contributed by atoms with Crippen molar-refractivity contribution in [3.05, 3.63) is 46.4 Å². The highest BCUT2D eigenvalue weighted by atomic mass is 79.9. The van der Waals surface area contributed by atoms with Crippen LogP contribution in [0.5, 0.6) is 0 Å². The molecule has 1 saturated carbocycles. The van der Waals surface area contributed by atoms with Crippen LogP contribution in [0.3, 0.4) is 0 Å². The van der Waals surface area contributed by atoms with Gasteiger partial charge < -0.3 is 10.4 Å². The van der Waals surface area contributed by atoms with Crippen molar-refractivity contribution in [2.75, 3.05) is 0 Å². The zero-order valence-corrected chi connectivity index (χ0v) is 13.3. The van der Waals surface area contributed by atoms with E-state index in [2.05, 4.69) is 21.2 Å². The van der Waals surface area contributed by atoms with Gasteiger partial charge in [0.2, 0.25) is 0 Å². The average Bonchev–Trinajstić information content (AvgIpc) is 2.46. The number of carbonyl (C=O) groups is 1. The van der Waals surface area contributed by atoms with Crippen molar-refractivity contribution >= 4 is 32.6 Å². The van der Waals surface area contributed by atoms with Crippen molar-refractivity contribution in [3.8, 4) is 0 Å². The van der Waals surface area contributed by atoms with Gasteiger partial charge in [-0.15, -0.1) is 0 Å². The third kappa shape index (κ3) is 3.44. The molecule has 3 rings (SSSR count). The molecule has 4 heteroatoms. The number of hydrogen-bond donors (Lipinski definition) is 2. The second kappa shape index (κ2) is 6.16. The maximum atomic E-state index is 12.3. The first-order valence-electron chi connectivity index (χ1n) is 7.30. The zero-order valence-electron chi connectivity index (χ0n) is 11.7. The topological polar surface area (TPSA) is 49.3 Å². The number of benzene rings is 2. The van der Waals surface area contributed by atoms with Gasteiger partial charge in [-0.05, 0) is 60.7 Å². The van der Waals surface area contributed by atoms with Crippen LogP contribution in [0.1, 0.15) is 36.0 Å². The Hall–Kier alpha value is -1.39. The second-order valence-corrected chi connectivity index (χ2v) is 6.61. The minimum Gasteiger partial charge on any atom is -0.393 e. The third-order valence-corrected chi connectivity index (χ3v) is 4.54. The quantitative estimate of drug-likeness (QED) is 0.871. The van der Waals surface area contributed by atoms with Gasteiger partial charge in [-0.25, -0.2) is 0 Å². The fourth-order valence-corrected chi connectivity index (χ4v) is 3.30. The van der Waals surface area contributed by atoms with Crippen molar-refractivity contribution in [2.45, 2.75) is 37.8 Å². The van der Waals surface area contributed by atoms with Gasteiger partial charge in [0.15, 0.2) is 0 Å². The maximum absolute atomic E-state index is 12.3. The summed E-state index contributed by atoms with van der Waals surface area (Å²) in [6.45, 7) is 0. The van der Waals surface area contributed by atoms with E-state index in [0.717, 1.165) is 34.5 Å². The Morgan fingerprint density at radius 3 is 2.71 bits per heavy atom. The molecule has 1 fully saturated rings. The molecule has 1 amide bonds. The molecule has 0 radical (unpaired) electrons. The van der Waals surface area contributed by atoms with E-state index in [-0.39, 0.29) is 18.1 Å². The van der Waals surface area contributed by atoms with Gasteiger partial charge in [-0.2, -0.15) is 0 Å². The molecule has 21 heavy (non-hydrogen) atoms. The van der Waals surface area contributed by atoms with E-state index in [4.69, 9.17) is 0 Å². The van der Waals surface area contributed by atoms with Crippen molar-refractivity contribution < 1.29 is 9.90 Å². The molecular weight excluding hydrogens is 330 g/mol. The zero-order chi connectivity index (χ0) is 14.8. The molecule has 1 aliphatic rings. The smallest absolute Gasteiger partial charge is 0.251 e. The van der Waals surface area contributed by atoms with E-state index >= 15 is 0 Å². The number of amides is 1. The van der Waals surface area contributed by atoms with E-state index in [1.54, 1.807) is 0 Å². The molecule has 0 bridgehead atoms. The standard InChI is InChI=1S/C17H18BrNO2/c18-14-7-6-11-8-13(5-4-12(11)9-14)17(21)19-15-2-1-3-16(20)10-15/h4-9,15-16,20H,1-3,10H2,(H,19,21). The lowest BCUT2D eigenvalue weighted by atomic mass is 9.93. The predicted molar refractivity (Wildman–Crippen MR) is 87.4 cm³/mol. The molecular formula is C17H18BrNO2. The number of halogens is 1. The minimum absolute atomic E-state index is 0.0566. The van der Waals surface area contributed by atoms with Gasteiger partial charge in [0.05, 0.1) is 6.10 Å². The largest absolute Gasteiger partial charge is 0.393 e. The van der Waals surface area contributed by atoms with Crippen LogP contribution >= 0.6 is 15.9 Å².